The van der Waals surface area contributed by atoms with Gasteiger partial charge < -0.3 is 14.8 Å². The van der Waals surface area contributed by atoms with Gasteiger partial charge in [-0.05, 0) is 61.6 Å². The number of allylic oxidation sites excluding steroid dienone is 2. The highest BCUT2D eigenvalue weighted by atomic mass is 16.5. The summed E-state index contributed by atoms with van der Waals surface area (Å²) < 4.78 is 10.2. The Hall–Kier alpha value is -3.94. The molecular formula is C26H24N2O6. The summed E-state index contributed by atoms with van der Waals surface area (Å²) >= 11 is 0. The Morgan fingerprint density at radius 1 is 1.06 bits per heavy atom. The van der Waals surface area contributed by atoms with Crippen LogP contribution in [0, 0.1) is 23.7 Å². The highest BCUT2D eigenvalue weighted by Gasteiger charge is 2.60. The third-order valence-corrected chi connectivity index (χ3v) is 6.93. The lowest BCUT2D eigenvalue weighted by atomic mass is 9.82. The van der Waals surface area contributed by atoms with E-state index in [4.69, 9.17) is 9.47 Å². The van der Waals surface area contributed by atoms with E-state index in [1.165, 1.54) is 29.7 Å². The first-order valence-electron chi connectivity index (χ1n) is 11.1. The van der Waals surface area contributed by atoms with Gasteiger partial charge >= 0.3 is 5.97 Å². The molecule has 8 heteroatoms. The highest BCUT2D eigenvalue weighted by Crippen LogP contribution is 2.55. The molecule has 2 aromatic carbocycles. The van der Waals surface area contributed by atoms with E-state index in [0.29, 0.717) is 17.1 Å². The smallest absolute Gasteiger partial charge is 0.338 e. The van der Waals surface area contributed by atoms with Gasteiger partial charge in [-0.1, -0.05) is 17.7 Å². The molecule has 8 nitrogen and oxygen atoms in total. The first-order valence-corrected chi connectivity index (χ1v) is 11.1. The normalized spacial score (nSPS) is 24.6. The molecule has 0 unspecified atom stereocenters. The molecule has 174 valence electrons. The van der Waals surface area contributed by atoms with Crippen molar-refractivity contribution in [3.63, 3.8) is 0 Å². The molecule has 2 fully saturated rings. The van der Waals surface area contributed by atoms with Crippen LogP contribution in [0.2, 0.25) is 0 Å². The number of anilines is 2. The van der Waals surface area contributed by atoms with Crippen molar-refractivity contribution in [2.75, 3.05) is 23.9 Å². The maximum atomic E-state index is 13.1. The molecule has 1 saturated carbocycles. The first kappa shape index (κ1) is 21.9. The first-order chi connectivity index (χ1) is 16.4. The van der Waals surface area contributed by atoms with Gasteiger partial charge in [0.25, 0.3) is 5.91 Å². The number of rotatable bonds is 6. The Kier molecular flexibility index (Phi) is 5.43. The number of carbonyl (C=O) groups excluding carboxylic acids is 4. The van der Waals surface area contributed by atoms with Crippen LogP contribution in [0.1, 0.15) is 23.7 Å². The lowest BCUT2D eigenvalue weighted by molar-refractivity contribution is -0.123. The zero-order chi connectivity index (χ0) is 24.0. The fraction of sp³-hybridized carbons (Fsp3) is 0.308. The highest BCUT2D eigenvalue weighted by molar-refractivity contribution is 6.23. The molecule has 4 atom stereocenters. The minimum atomic E-state index is -0.679. The maximum Gasteiger partial charge on any atom is 0.338 e. The van der Waals surface area contributed by atoms with Gasteiger partial charge in [-0.2, -0.15) is 0 Å². The van der Waals surface area contributed by atoms with Crippen molar-refractivity contribution in [2.24, 2.45) is 23.7 Å². The van der Waals surface area contributed by atoms with E-state index in [2.05, 4.69) is 11.4 Å². The van der Waals surface area contributed by atoms with Crippen molar-refractivity contribution in [2.45, 2.75) is 13.3 Å². The Morgan fingerprint density at radius 3 is 2.53 bits per heavy atom. The van der Waals surface area contributed by atoms with Crippen molar-refractivity contribution < 1.29 is 28.7 Å². The summed E-state index contributed by atoms with van der Waals surface area (Å²) in [6.45, 7) is 1.57. The number of methoxy groups -OCH3 is 1. The van der Waals surface area contributed by atoms with Crippen LogP contribution in [0.25, 0.3) is 0 Å². The van der Waals surface area contributed by atoms with E-state index in [-0.39, 0.29) is 41.0 Å². The predicted octanol–water partition coefficient (Wildman–Crippen LogP) is 3.19. The summed E-state index contributed by atoms with van der Waals surface area (Å²) in [4.78, 5) is 51.8. The summed E-state index contributed by atoms with van der Waals surface area (Å²) in [5, 5.41) is 2.63. The molecular weight excluding hydrogens is 436 g/mol. The van der Waals surface area contributed by atoms with Gasteiger partial charge in [0, 0.05) is 11.8 Å². The fourth-order valence-corrected chi connectivity index (χ4v) is 5.39. The van der Waals surface area contributed by atoms with Gasteiger partial charge in [0.2, 0.25) is 11.8 Å². The molecule has 0 radical (unpaired) electrons. The number of amides is 3. The van der Waals surface area contributed by atoms with Crippen LogP contribution >= 0.6 is 0 Å². The average Bonchev–Trinajstić information content (AvgIpc) is 3.48. The molecule has 1 heterocycles. The number of carbonyl (C=O) groups is 4. The number of benzene rings is 2. The number of esters is 1. The Labute approximate surface area is 196 Å². The van der Waals surface area contributed by atoms with Crippen LogP contribution in [0.5, 0.6) is 5.75 Å². The third kappa shape index (κ3) is 3.65. The van der Waals surface area contributed by atoms with E-state index < -0.39 is 18.5 Å². The lowest BCUT2D eigenvalue weighted by Gasteiger charge is -2.19. The van der Waals surface area contributed by atoms with Gasteiger partial charge in [0.15, 0.2) is 6.61 Å². The van der Waals surface area contributed by atoms with Crippen LogP contribution in [-0.4, -0.2) is 37.4 Å². The molecule has 1 N–H and O–H groups in total. The van der Waals surface area contributed by atoms with E-state index >= 15 is 0 Å². The molecule has 0 aromatic heterocycles. The molecule has 1 aliphatic heterocycles. The largest absolute Gasteiger partial charge is 0.497 e. The van der Waals surface area contributed by atoms with Crippen molar-refractivity contribution in [1.29, 1.82) is 0 Å². The van der Waals surface area contributed by atoms with E-state index in [0.717, 1.165) is 6.42 Å². The molecule has 34 heavy (non-hydrogen) atoms. The molecule has 0 spiro atoms. The molecule has 5 rings (SSSR count). The van der Waals surface area contributed by atoms with E-state index in [1.54, 1.807) is 36.4 Å². The van der Waals surface area contributed by atoms with Crippen LogP contribution in [0.4, 0.5) is 11.4 Å². The Balaban J connectivity index is 1.20. The number of nitrogens with one attached hydrogen (secondary N) is 1. The number of ether oxygens (including phenoxy) is 2. The zero-order valence-electron chi connectivity index (χ0n) is 18.8. The van der Waals surface area contributed by atoms with Crippen molar-refractivity contribution in [3.8, 4) is 5.75 Å². The van der Waals surface area contributed by atoms with Gasteiger partial charge in [-0.15, -0.1) is 0 Å². The van der Waals surface area contributed by atoms with Crippen LogP contribution in [0.15, 0.2) is 60.2 Å². The number of fused-ring (bicyclic) bond motifs is 5. The quantitative estimate of drug-likeness (QED) is 0.404. The minimum absolute atomic E-state index is 0.133. The summed E-state index contributed by atoms with van der Waals surface area (Å²) in [6.07, 6.45) is 3.01. The second kappa shape index (κ2) is 8.44. The predicted molar refractivity (Wildman–Crippen MR) is 123 cm³/mol. The Morgan fingerprint density at radius 2 is 1.79 bits per heavy atom. The summed E-state index contributed by atoms with van der Waals surface area (Å²) in [5.74, 6) is -1.20. The number of hydrogen-bond donors (Lipinski definition) is 1. The topological polar surface area (TPSA) is 102 Å². The monoisotopic (exact) mass is 460 g/mol. The summed E-state index contributed by atoms with van der Waals surface area (Å²) in [6, 6.07) is 12.9. The van der Waals surface area contributed by atoms with Crippen LogP contribution in [0.3, 0.4) is 0 Å². The lowest BCUT2D eigenvalue weighted by Crippen LogP contribution is -2.33. The van der Waals surface area contributed by atoms with Gasteiger partial charge in [-0.25, -0.2) is 4.79 Å². The van der Waals surface area contributed by atoms with E-state index in [1.807, 2.05) is 6.92 Å². The number of hydrogen-bond acceptors (Lipinski definition) is 6. The van der Waals surface area contributed by atoms with Crippen molar-refractivity contribution in [3.05, 3.63) is 65.7 Å². The number of nitrogens with zero attached hydrogens (tertiary/aromatic N) is 1. The SMILES string of the molecule is COc1cccc(NC(=O)COC(=O)c2ccc(N3C(=O)[C@@H]4[C@H](C3=O)[C@H]3C=C(C)[C@H]4C3)cc2)c1. The van der Waals surface area contributed by atoms with Gasteiger partial charge in [0.05, 0.1) is 30.2 Å². The van der Waals surface area contributed by atoms with Crippen molar-refractivity contribution in [1.82, 2.24) is 0 Å². The van der Waals surface area contributed by atoms with Crippen LogP contribution < -0.4 is 15.0 Å². The average molecular weight is 460 g/mol. The minimum Gasteiger partial charge on any atom is -0.497 e. The fourth-order valence-electron chi connectivity index (χ4n) is 5.39. The standard InChI is InChI=1S/C26H24N2O6/c1-14-10-16-11-20(14)23-22(16)24(30)28(25(23)31)18-8-6-15(7-9-18)26(32)34-13-21(29)27-17-4-3-5-19(12-17)33-2/h3-10,12,16,20,22-23H,11,13H2,1-2H3,(H,27,29)/t16-,20+,22+,23-/m0/s1. The third-order valence-electron chi connectivity index (χ3n) is 6.93. The van der Waals surface area contributed by atoms with Crippen LogP contribution in [-0.2, 0) is 19.1 Å². The van der Waals surface area contributed by atoms with Gasteiger partial charge in [0.1, 0.15) is 5.75 Å². The molecule has 3 aliphatic rings. The molecule has 2 aliphatic carbocycles. The molecule has 3 amide bonds. The van der Waals surface area contributed by atoms with Gasteiger partial charge in [-0.3, -0.25) is 19.3 Å². The summed E-state index contributed by atoms with van der Waals surface area (Å²) in [7, 11) is 1.52. The summed E-state index contributed by atoms with van der Waals surface area (Å²) in [5.41, 5.74) is 2.37. The second-order valence-corrected chi connectivity index (χ2v) is 8.88. The van der Waals surface area contributed by atoms with E-state index in [9.17, 15) is 19.2 Å². The maximum absolute atomic E-state index is 13.1. The zero-order valence-corrected chi connectivity index (χ0v) is 18.8. The number of imide groups is 1. The molecule has 1 saturated heterocycles. The molecule has 2 bridgehead atoms. The molecule has 2 aromatic rings. The van der Waals surface area contributed by atoms with Crippen molar-refractivity contribution >= 4 is 35.1 Å². The second-order valence-electron chi connectivity index (χ2n) is 8.88. The Bertz CT molecular complexity index is 1220.